The van der Waals surface area contributed by atoms with E-state index in [1.807, 2.05) is 38.2 Å². The quantitative estimate of drug-likeness (QED) is 0.868. The van der Waals surface area contributed by atoms with Crippen molar-refractivity contribution in [3.8, 4) is 0 Å². The molecule has 1 aliphatic carbocycles. The summed E-state index contributed by atoms with van der Waals surface area (Å²) >= 11 is 0. The number of rotatable bonds is 5. The van der Waals surface area contributed by atoms with Crippen LogP contribution in [0, 0.1) is 6.92 Å². The van der Waals surface area contributed by atoms with Gasteiger partial charge in [-0.15, -0.1) is 0 Å². The van der Waals surface area contributed by atoms with Crippen molar-refractivity contribution in [2.75, 3.05) is 19.0 Å². The molecule has 4 heteroatoms. The first-order valence-corrected chi connectivity index (χ1v) is 7.33. The summed E-state index contributed by atoms with van der Waals surface area (Å²) in [7, 11) is 2.00. The van der Waals surface area contributed by atoms with Crippen molar-refractivity contribution in [1.82, 2.24) is 5.32 Å². The van der Waals surface area contributed by atoms with Crippen LogP contribution in [0.5, 0.6) is 0 Å². The van der Waals surface area contributed by atoms with Gasteiger partial charge in [0.15, 0.2) is 0 Å². The third-order valence-corrected chi connectivity index (χ3v) is 3.83. The molecule has 0 unspecified atom stereocenters. The number of aryl methyl sites for hydroxylation is 1. The van der Waals surface area contributed by atoms with E-state index in [-0.39, 0.29) is 18.6 Å². The summed E-state index contributed by atoms with van der Waals surface area (Å²) in [6.45, 7) is 2.15. The van der Waals surface area contributed by atoms with Gasteiger partial charge in [-0.3, -0.25) is 4.79 Å². The number of benzene rings is 1. The molecule has 1 aliphatic rings. The Morgan fingerprint density at radius 1 is 1.30 bits per heavy atom. The molecular formula is C16H24N2O2. The molecule has 1 saturated carbocycles. The number of carbonyl (C=O) groups excluding carboxylic acids is 1. The zero-order valence-corrected chi connectivity index (χ0v) is 12.3. The Hall–Kier alpha value is -1.39. The van der Waals surface area contributed by atoms with Crippen molar-refractivity contribution in [3.63, 3.8) is 0 Å². The van der Waals surface area contributed by atoms with Gasteiger partial charge in [0.25, 0.3) is 0 Å². The zero-order valence-electron chi connectivity index (χ0n) is 12.3. The molecule has 0 spiro atoms. The molecule has 1 fully saturated rings. The Labute approximate surface area is 120 Å². The number of hydrogen-bond donors (Lipinski definition) is 2. The number of ether oxygens (including phenoxy) is 1. The van der Waals surface area contributed by atoms with E-state index in [4.69, 9.17) is 4.74 Å². The Morgan fingerprint density at radius 2 is 2.05 bits per heavy atom. The standard InChI is InChI=1S/C16H24N2O2/c1-12-4-3-5-14(10-12)18-16(19)11-20-15-8-6-13(17-2)7-9-15/h3-5,10,13,15,17H,6-9,11H2,1-2H3,(H,18,19). The maximum Gasteiger partial charge on any atom is 0.250 e. The largest absolute Gasteiger partial charge is 0.368 e. The van der Waals surface area contributed by atoms with Crippen LogP contribution in [0.15, 0.2) is 24.3 Å². The van der Waals surface area contributed by atoms with E-state index in [1.54, 1.807) is 0 Å². The van der Waals surface area contributed by atoms with Gasteiger partial charge in [0.2, 0.25) is 5.91 Å². The molecule has 0 atom stereocenters. The number of nitrogens with one attached hydrogen (secondary N) is 2. The van der Waals surface area contributed by atoms with Crippen LogP contribution in [0.1, 0.15) is 31.2 Å². The fourth-order valence-electron chi connectivity index (χ4n) is 2.63. The van der Waals surface area contributed by atoms with E-state index < -0.39 is 0 Å². The van der Waals surface area contributed by atoms with Crippen LogP contribution in [-0.2, 0) is 9.53 Å². The second kappa shape index (κ2) is 7.41. The van der Waals surface area contributed by atoms with Gasteiger partial charge in [-0.2, -0.15) is 0 Å². The second-order valence-electron chi connectivity index (χ2n) is 5.49. The first kappa shape index (κ1) is 15.0. The molecule has 0 saturated heterocycles. The fraction of sp³-hybridized carbons (Fsp3) is 0.562. The van der Waals surface area contributed by atoms with E-state index in [0.29, 0.717) is 6.04 Å². The molecule has 0 bridgehead atoms. The normalized spacial score (nSPS) is 22.5. The van der Waals surface area contributed by atoms with Crippen LogP contribution in [0.2, 0.25) is 0 Å². The number of hydrogen-bond acceptors (Lipinski definition) is 3. The molecule has 4 nitrogen and oxygen atoms in total. The van der Waals surface area contributed by atoms with Crippen LogP contribution in [-0.4, -0.2) is 31.7 Å². The highest BCUT2D eigenvalue weighted by atomic mass is 16.5. The highest BCUT2D eigenvalue weighted by Gasteiger charge is 2.20. The monoisotopic (exact) mass is 276 g/mol. The summed E-state index contributed by atoms with van der Waals surface area (Å²) < 4.78 is 5.70. The lowest BCUT2D eigenvalue weighted by molar-refractivity contribution is -0.123. The van der Waals surface area contributed by atoms with Gasteiger partial charge >= 0.3 is 0 Å². The van der Waals surface area contributed by atoms with Gasteiger partial charge in [-0.05, 0) is 57.4 Å². The zero-order chi connectivity index (χ0) is 14.4. The molecule has 1 aromatic carbocycles. The summed E-state index contributed by atoms with van der Waals surface area (Å²) in [5, 5.41) is 6.16. The van der Waals surface area contributed by atoms with E-state index in [0.717, 1.165) is 36.9 Å². The smallest absolute Gasteiger partial charge is 0.250 e. The molecule has 0 aliphatic heterocycles. The second-order valence-corrected chi connectivity index (χ2v) is 5.49. The van der Waals surface area contributed by atoms with Crippen LogP contribution in [0.3, 0.4) is 0 Å². The average Bonchev–Trinajstić information content (AvgIpc) is 2.46. The summed E-state index contributed by atoms with van der Waals surface area (Å²) in [4.78, 5) is 11.8. The molecule has 0 aromatic heterocycles. The molecule has 2 rings (SSSR count). The molecule has 1 amide bonds. The first-order valence-electron chi connectivity index (χ1n) is 7.33. The van der Waals surface area contributed by atoms with E-state index >= 15 is 0 Å². The highest BCUT2D eigenvalue weighted by molar-refractivity contribution is 5.91. The third-order valence-electron chi connectivity index (χ3n) is 3.83. The highest BCUT2D eigenvalue weighted by Crippen LogP contribution is 2.21. The lowest BCUT2D eigenvalue weighted by Crippen LogP contribution is -2.34. The average molecular weight is 276 g/mol. The summed E-state index contributed by atoms with van der Waals surface area (Å²) in [6.07, 6.45) is 4.54. The minimum Gasteiger partial charge on any atom is -0.368 e. The lowest BCUT2D eigenvalue weighted by atomic mass is 9.93. The number of carbonyl (C=O) groups is 1. The number of anilines is 1. The van der Waals surface area contributed by atoms with Crippen molar-refractivity contribution in [2.45, 2.75) is 44.8 Å². The van der Waals surface area contributed by atoms with Crippen molar-refractivity contribution in [3.05, 3.63) is 29.8 Å². The van der Waals surface area contributed by atoms with Crippen LogP contribution in [0.4, 0.5) is 5.69 Å². The molecule has 0 radical (unpaired) electrons. The summed E-state index contributed by atoms with van der Waals surface area (Å²) in [5.74, 6) is -0.0775. The van der Waals surface area contributed by atoms with Crippen LogP contribution < -0.4 is 10.6 Å². The predicted molar refractivity (Wildman–Crippen MR) is 80.9 cm³/mol. The molecule has 110 valence electrons. The molecule has 1 aromatic rings. The minimum absolute atomic E-state index is 0.0775. The number of amides is 1. The molecule has 0 heterocycles. The van der Waals surface area contributed by atoms with Gasteiger partial charge < -0.3 is 15.4 Å². The van der Waals surface area contributed by atoms with E-state index in [1.165, 1.54) is 0 Å². The summed E-state index contributed by atoms with van der Waals surface area (Å²) in [5.41, 5.74) is 1.96. The summed E-state index contributed by atoms with van der Waals surface area (Å²) in [6, 6.07) is 8.40. The Kier molecular flexibility index (Phi) is 5.56. The van der Waals surface area contributed by atoms with Crippen molar-refractivity contribution < 1.29 is 9.53 Å². The first-order chi connectivity index (χ1) is 9.67. The van der Waals surface area contributed by atoms with Crippen molar-refractivity contribution >= 4 is 11.6 Å². The van der Waals surface area contributed by atoms with Gasteiger partial charge in [0, 0.05) is 11.7 Å². The van der Waals surface area contributed by atoms with E-state index in [2.05, 4.69) is 10.6 Å². The topological polar surface area (TPSA) is 50.4 Å². The van der Waals surface area contributed by atoms with Gasteiger partial charge in [-0.1, -0.05) is 12.1 Å². The maximum absolute atomic E-state index is 11.8. The molecule has 20 heavy (non-hydrogen) atoms. The Balaban J connectivity index is 1.70. The van der Waals surface area contributed by atoms with Crippen molar-refractivity contribution in [2.24, 2.45) is 0 Å². The van der Waals surface area contributed by atoms with Gasteiger partial charge in [0.1, 0.15) is 6.61 Å². The predicted octanol–water partition coefficient (Wildman–Crippen LogP) is 2.48. The third kappa shape index (κ3) is 4.62. The SMILES string of the molecule is CNC1CCC(OCC(=O)Nc2cccc(C)c2)CC1. The van der Waals surface area contributed by atoms with E-state index in [9.17, 15) is 4.79 Å². The van der Waals surface area contributed by atoms with Crippen molar-refractivity contribution in [1.29, 1.82) is 0 Å². The maximum atomic E-state index is 11.8. The Morgan fingerprint density at radius 3 is 2.70 bits per heavy atom. The van der Waals surface area contributed by atoms with Gasteiger partial charge in [0.05, 0.1) is 6.10 Å². The van der Waals surface area contributed by atoms with Crippen LogP contribution >= 0.6 is 0 Å². The van der Waals surface area contributed by atoms with Crippen LogP contribution in [0.25, 0.3) is 0 Å². The fourth-order valence-corrected chi connectivity index (χ4v) is 2.63. The lowest BCUT2D eigenvalue weighted by Gasteiger charge is -2.28. The van der Waals surface area contributed by atoms with Gasteiger partial charge in [-0.25, -0.2) is 0 Å². The molecular weight excluding hydrogens is 252 g/mol. The molecule has 2 N–H and O–H groups in total. The Bertz CT molecular complexity index is 440. The minimum atomic E-state index is -0.0775.